The summed E-state index contributed by atoms with van der Waals surface area (Å²) in [7, 11) is 1.54. The van der Waals surface area contributed by atoms with Gasteiger partial charge in [0.15, 0.2) is 0 Å². The molecule has 0 radical (unpaired) electrons. The van der Waals surface area contributed by atoms with E-state index in [0.717, 1.165) is 31.6 Å². The number of anilines is 1. The minimum atomic E-state index is -4.53. The number of alkyl halides is 3. The predicted octanol–water partition coefficient (Wildman–Crippen LogP) is 2.64. The van der Waals surface area contributed by atoms with Crippen molar-refractivity contribution in [1.82, 2.24) is 19.9 Å². The average Bonchev–Trinajstić information content (AvgIpc) is 3.16. The van der Waals surface area contributed by atoms with Crippen LogP contribution in [0, 0.1) is 5.92 Å². The Balaban J connectivity index is 1.51. The third-order valence-corrected chi connectivity index (χ3v) is 5.53. The van der Waals surface area contributed by atoms with Crippen LogP contribution in [0.1, 0.15) is 28.9 Å². The molecule has 2 atom stereocenters. The van der Waals surface area contributed by atoms with E-state index in [9.17, 15) is 18.0 Å². The van der Waals surface area contributed by atoms with Crippen LogP contribution < -0.4 is 9.64 Å². The number of hydrogen-bond donors (Lipinski definition) is 0. The van der Waals surface area contributed by atoms with E-state index in [0.29, 0.717) is 30.8 Å². The molecule has 2 aliphatic rings. The number of piperidine rings is 1. The Morgan fingerprint density at radius 3 is 2.66 bits per heavy atom. The topological polar surface area (TPSA) is 71.5 Å². The van der Waals surface area contributed by atoms with Crippen molar-refractivity contribution < 1.29 is 22.7 Å². The van der Waals surface area contributed by atoms with Crippen LogP contribution in [0.2, 0.25) is 0 Å². The van der Waals surface area contributed by atoms with Gasteiger partial charge in [-0.2, -0.15) is 18.2 Å². The highest BCUT2D eigenvalue weighted by Gasteiger charge is 2.41. The highest BCUT2D eigenvalue weighted by Crippen LogP contribution is 2.34. The molecule has 7 nitrogen and oxygen atoms in total. The number of halogens is 3. The molecule has 10 heteroatoms. The lowest BCUT2D eigenvalue weighted by Gasteiger charge is -2.38. The van der Waals surface area contributed by atoms with E-state index in [-0.39, 0.29) is 17.5 Å². The van der Waals surface area contributed by atoms with Gasteiger partial charge in [0.2, 0.25) is 11.8 Å². The van der Waals surface area contributed by atoms with Crippen LogP contribution in [-0.2, 0) is 6.18 Å². The number of likely N-dealkylation sites (tertiary alicyclic amines) is 1. The molecule has 0 aliphatic carbocycles. The molecule has 0 bridgehead atoms. The van der Waals surface area contributed by atoms with Gasteiger partial charge in [0.1, 0.15) is 5.69 Å². The van der Waals surface area contributed by atoms with Crippen molar-refractivity contribution in [3.05, 3.63) is 41.9 Å². The molecule has 0 saturated carbocycles. The van der Waals surface area contributed by atoms with Gasteiger partial charge in [-0.05, 0) is 30.9 Å². The molecule has 2 saturated heterocycles. The number of carbonyl (C=O) groups excluding carboxylic acids is 1. The number of amides is 1. The first-order valence-electron chi connectivity index (χ1n) is 9.33. The lowest BCUT2D eigenvalue weighted by atomic mass is 9.92. The first-order valence-corrected chi connectivity index (χ1v) is 9.33. The van der Waals surface area contributed by atoms with Crippen LogP contribution in [0.5, 0.6) is 5.88 Å². The standard InChI is InChI=1S/C19H20F3N5O2/c1-29-16-4-7-23-18(25-16)26-8-5-12-6-9-27(14(12)11-26)17(28)13-2-3-15(24-10-13)19(20,21)22/h2-4,7,10,12,14H,5-6,8-9,11H2,1H3. The number of hydrogen-bond acceptors (Lipinski definition) is 6. The minimum absolute atomic E-state index is 0.0478. The second-order valence-electron chi connectivity index (χ2n) is 7.18. The predicted molar refractivity (Wildman–Crippen MR) is 97.6 cm³/mol. The van der Waals surface area contributed by atoms with E-state index < -0.39 is 11.9 Å². The quantitative estimate of drug-likeness (QED) is 0.779. The molecule has 1 amide bonds. The minimum Gasteiger partial charge on any atom is -0.481 e. The summed E-state index contributed by atoms with van der Waals surface area (Å²) in [5.74, 6) is 1.06. The third kappa shape index (κ3) is 3.83. The largest absolute Gasteiger partial charge is 0.481 e. The fraction of sp³-hybridized carbons (Fsp3) is 0.474. The lowest BCUT2D eigenvalue weighted by molar-refractivity contribution is -0.141. The maximum Gasteiger partial charge on any atom is 0.433 e. The summed E-state index contributed by atoms with van der Waals surface area (Å²) < 4.78 is 43.3. The van der Waals surface area contributed by atoms with E-state index in [4.69, 9.17) is 4.74 Å². The number of ether oxygens (including phenoxy) is 1. The van der Waals surface area contributed by atoms with Crippen LogP contribution >= 0.6 is 0 Å². The monoisotopic (exact) mass is 407 g/mol. The van der Waals surface area contributed by atoms with Gasteiger partial charge < -0.3 is 14.5 Å². The van der Waals surface area contributed by atoms with Crippen LogP contribution in [0.25, 0.3) is 0 Å². The smallest absolute Gasteiger partial charge is 0.433 e. The van der Waals surface area contributed by atoms with Crippen LogP contribution in [0.4, 0.5) is 19.1 Å². The van der Waals surface area contributed by atoms with Gasteiger partial charge in [-0.1, -0.05) is 0 Å². The first-order chi connectivity index (χ1) is 13.9. The molecular formula is C19H20F3N5O2. The van der Waals surface area contributed by atoms with E-state index >= 15 is 0 Å². The number of methoxy groups -OCH3 is 1. The van der Waals surface area contributed by atoms with Gasteiger partial charge in [0, 0.05) is 38.1 Å². The molecule has 154 valence electrons. The Bertz CT molecular complexity index is 890. The molecule has 2 aromatic rings. The summed E-state index contributed by atoms with van der Waals surface area (Å²) in [5, 5.41) is 0. The molecule has 0 aromatic carbocycles. The second-order valence-corrected chi connectivity index (χ2v) is 7.18. The first kappa shape index (κ1) is 19.4. The van der Waals surface area contributed by atoms with Crippen molar-refractivity contribution in [3.63, 3.8) is 0 Å². The molecule has 4 heterocycles. The maximum atomic E-state index is 12.9. The molecule has 0 N–H and O–H groups in total. The molecule has 2 unspecified atom stereocenters. The van der Waals surface area contributed by atoms with Gasteiger partial charge >= 0.3 is 6.18 Å². The summed E-state index contributed by atoms with van der Waals surface area (Å²) in [5.41, 5.74) is -0.847. The summed E-state index contributed by atoms with van der Waals surface area (Å²) in [6.45, 7) is 1.91. The van der Waals surface area contributed by atoms with Crippen LogP contribution in [0.15, 0.2) is 30.6 Å². The number of aromatic nitrogens is 3. The zero-order chi connectivity index (χ0) is 20.6. The van der Waals surface area contributed by atoms with Gasteiger partial charge in [-0.25, -0.2) is 4.98 Å². The van der Waals surface area contributed by atoms with Gasteiger partial charge in [0.25, 0.3) is 5.91 Å². The van der Waals surface area contributed by atoms with Crippen molar-refractivity contribution in [2.45, 2.75) is 25.1 Å². The van der Waals surface area contributed by atoms with Gasteiger partial charge in [-0.3, -0.25) is 9.78 Å². The van der Waals surface area contributed by atoms with Gasteiger partial charge in [-0.15, -0.1) is 0 Å². The van der Waals surface area contributed by atoms with Crippen molar-refractivity contribution in [2.24, 2.45) is 5.92 Å². The Morgan fingerprint density at radius 2 is 1.97 bits per heavy atom. The number of nitrogens with zero attached hydrogens (tertiary/aromatic N) is 5. The maximum absolute atomic E-state index is 12.9. The Morgan fingerprint density at radius 1 is 1.17 bits per heavy atom. The molecule has 2 aromatic heterocycles. The Kier molecular flexibility index (Phi) is 5.01. The third-order valence-electron chi connectivity index (χ3n) is 5.53. The summed E-state index contributed by atoms with van der Waals surface area (Å²) in [6, 6.07) is 3.66. The molecule has 29 heavy (non-hydrogen) atoms. The SMILES string of the molecule is COc1ccnc(N2CCC3CCN(C(=O)c4ccc(C(F)(F)F)nc4)C3C2)n1. The van der Waals surface area contributed by atoms with E-state index in [1.165, 1.54) is 13.2 Å². The average molecular weight is 407 g/mol. The van der Waals surface area contributed by atoms with E-state index in [2.05, 4.69) is 15.0 Å². The number of rotatable bonds is 3. The zero-order valence-electron chi connectivity index (χ0n) is 15.8. The van der Waals surface area contributed by atoms with Crippen LogP contribution in [-0.4, -0.2) is 58.5 Å². The Hall–Kier alpha value is -2.91. The normalized spacial score (nSPS) is 21.8. The number of pyridine rings is 1. The summed E-state index contributed by atoms with van der Waals surface area (Å²) >= 11 is 0. The molecule has 2 aliphatic heterocycles. The number of carbonyl (C=O) groups is 1. The van der Waals surface area contributed by atoms with Crippen molar-refractivity contribution in [1.29, 1.82) is 0 Å². The fourth-order valence-corrected chi connectivity index (χ4v) is 4.03. The number of fused-ring (bicyclic) bond motifs is 1. The zero-order valence-corrected chi connectivity index (χ0v) is 15.8. The Labute approximate surface area is 165 Å². The highest BCUT2D eigenvalue weighted by atomic mass is 19.4. The van der Waals surface area contributed by atoms with E-state index in [1.807, 2.05) is 4.90 Å². The molecular weight excluding hydrogens is 387 g/mol. The van der Waals surface area contributed by atoms with Gasteiger partial charge in [0.05, 0.1) is 18.7 Å². The fourth-order valence-electron chi connectivity index (χ4n) is 4.03. The molecule has 4 rings (SSSR count). The van der Waals surface area contributed by atoms with E-state index in [1.54, 1.807) is 17.2 Å². The summed E-state index contributed by atoms with van der Waals surface area (Å²) in [4.78, 5) is 28.8. The van der Waals surface area contributed by atoms with Crippen molar-refractivity contribution >= 4 is 11.9 Å². The van der Waals surface area contributed by atoms with Crippen LogP contribution in [0.3, 0.4) is 0 Å². The van der Waals surface area contributed by atoms with Crippen molar-refractivity contribution in [3.8, 4) is 5.88 Å². The molecule has 0 spiro atoms. The molecule has 2 fully saturated rings. The van der Waals surface area contributed by atoms with Crippen molar-refractivity contribution in [2.75, 3.05) is 31.6 Å². The second kappa shape index (κ2) is 7.49. The lowest BCUT2D eigenvalue weighted by Crippen LogP contribution is -2.50. The highest BCUT2D eigenvalue weighted by molar-refractivity contribution is 5.94. The summed E-state index contributed by atoms with van der Waals surface area (Å²) in [6.07, 6.45) is -0.137.